The van der Waals surface area contributed by atoms with Crippen LogP contribution in [0.5, 0.6) is 11.5 Å². The Balaban J connectivity index is 1.88. The molecule has 0 unspecified atom stereocenters. The Labute approximate surface area is 145 Å². The number of benzene rings is 2. The summed E-state index contributed by atoms with van der Waals surface area (Å²) in [5.74, 6) is 1.18. The lowest BCUT2D eigenvalue weighted by atomic mass is 10.1. The molecule has 3 aromatic rings. The van der Waals surface area contributed by atoms with E-state index in [1.807, 2.05) is 24.7 Å². The lowest BCUT2D eigenvalue weighted by Gasteiger charge is -2.11. The maximum Gasteiger partial charge on any atom is 0.145 e. The molecule has 0 saturated heterocycles. The Morgan fingerprint density at radius 3 is 2.71 bits per heavy atom. The third-order valence-electron chi connectivity index (χ3n) is 3.72. The number of hydrogen-bond donors (Lipinski definition) is 0. The van der Waals surface area contributed by atoms with Gasteiger partial charge in [-0.15, -0.1) is 0 Å². The minimum absolute atomic E-state index is 0.495. The van der Waals surface area contributed by atoms with Gasteiger partial charge in [0.1, 0.15) is 17.6 Å². The van der Waals surface area contributed by atoms with Crippen LogP contribution < -0.4 is 4.74 Å². The summed E-state index contributed by atoms with van der Waals surface area (Å²) >= 11 is 5.89. The summed E-state index contributed by atoms with van der Waals surface area (Å²) in [6, 6.07) is 14.8. The lowest BCUT2D eigenvalue weighted by molar-refractivity contribution is 0.480. The van der Waals surface area contributed by atoms with E-state index in [1.165, 1.54) is 5.69 Å². The van der Waals surface area contributed by atoms with Crippen LogP contribution in [0.2, 0.25) is 5.02 Å². The summed E-state index contributed by atoms with van der Waals surface area (Å²) < 4.78 is 7.96. The Morgan fingerprint density at radius 1 is 1.21 bits per heavy atom. The fourth-order valence-corrected chi connectivity index (χ4v) is 2.58. The molecule has 1 heterocycles. The van der Waals surface area contributed by atoms with Crippen molar-refractivity contribution in [2.24, 2.45) is 0 Å². The fourth-order valence-electron chi connectivity index (χ4n) is 2.45. The quantitative estimate of drug-likeness (QED) is 0.671. The number of rotatable bonds is 5. The summed E-state index contributed by atoms with van der Waals surface area (Å²) in [6.07, 6.45) is 4.61. The Bertz CT molecular complexity index is 878. The number of ether oxygens (including phenoxy) is 1. The number of hydrogen-bond acceptors (Lipinski definition) is 3. The zero-order valence-electron chi connectivity index (χ0n) is 13.2. The molecule has 0 saturated carbocycles. The van der Waals surface area contributed by atoms with Gasteiger partial charge >= 0.3 is 0 Å². The molecule has 24 heavy (non-hydrogen) atoms. The highest BCUT2D eigenvalue weighted by Gasteiger charge is 2.08. The summed E-state index contributed by atoms with van der Waals surface area (Å²) in [4.78, 5) is 4.19. The fraction of sp³-hybridized carbons (Fsp3) is 0.158. The third-order valence-corrected chi connectivity index (χ3v) is 3.97. The predicted octanol–water partition coefficient (Wildman–Crippen LogP) is 4.81. The zero-order valence-corrected chi connectivity index (χ0v) is 14.0. The van der Waals surface area contributed by atoms with Gasteiger partial charge in [-0.3, -0.25) is 0 Å². The molecule has 3 rings (SSSR count). The highest BCUT2D eigenvalue weighted by molar-refractivity contribution is 6.30. The molecule has 4 nitrogen and oxygen atoms in total. The monoisotopic (exact) mass is 337 g/mol. The van der Waals surface area contributed by atoms with Crippen LogP contribution in [0.3, 0.4) is 0 Å². The van der Waals surface area contributed by atoms with Crippen LogP contribution in [-0.2, 0) is 13.0 Å². The van der Waals surface area contributed by atoms with Crippen molar-refractivity contribution in [1.29, 1.82) is 5.26 Å². The lowest BCUT2D eigenvalue weighted by Crippen LogP contribution is -2.03. The van der Waals surface area contributed by atoms with Crippen LogP contribution in [0.15, 0.2) is 55.0 Å². The molecule has 0 radical (unpaired) electrons. The van der Waals surface area contributed by atoms with E-state index >= 15 is 0 Å². The standard InChI is InChI=1S/C19H16ClN3O/c1-2-17-11-22-13-23(17)12-14-3-4-15(10-21)19(9-14)24-18-7-5-16(20)6-8-18/h3-9,11,13H,2,12H2,1H3. The Hall–Kier alpha value is -2.77. The molecule has 0 N–H and O–H groups in total. The van der Waals surface area contributed by atoms with E-state index < -0.39 is 0 Å². The van der Waals surface area contributed by atoms with E-state index in [-0.39, 0.29) is 0 Å². The van der Waals surface area contributed by atoms with E-state index in [0.29, 0.717) is 28.6 Å². The summed E-state index contributed by atoms with van der Waals surface area (Å²) in [7, 11) is 0. The number of halogens is 1. The summed E-state index contributed by atoms with van der Waals surface area (Å²) in [5, 5.41) is 9.95. The minimum Gasteiger partial charge on any atom is -0.456 e. The predicted molar refractivity (Wildman–Crippen MR) is 93.4 cm³/mol. The number of nitriles is 1. The number of aromatic nitrogens is 2. The van der Waals surface area contributed by atoms with Crippen molar-refractivity contribution >= 4 is 11.6 Å². The van der Waals surface area contributed by atoms with Crippen molar-refractivity contribution in [2.75, 3.05) is 0 Å². The molecule has 120 valence electrons. The average molecular weight is 338 g/mol. The molecular weight excluding hydrogens is 322 g/mol. The molecule has 0 amide bonds. The van der Waals surface area contributed by atoms with Crippen LogP contribution in [0, 0.1) is 11.3 Å². The van der Waals surface area contributed by atoms with Crippen LogP contribution in [-0.4, -0.2) is 9.55 Å². The van der Waals surface area contributed by atoms with Crippen molar-refractivity contribution in [3.8, 4) is 17.6 Å². The van der Waals surface area contributed by atoms with Crippen LogP contribution >= 0.6 is 11.6 Å². The molecule has 0 aliphatic rings. The number of aryl methyl sites for hydroxylation is 1. The van der Waals surface area contributed by atoms with E-state index in [2.05, 4.69) is 22.5 Å². The number of nitrogens with zero attached hydrogens (tertiary/aromatic N) is 3. The van der Waals surface area contributed by atoms with E-state index in [9.17, 15) is 5.26 Å². The second-order valence-electron chi connectivity index (χ2n) is 5.36. The van der Waals surface area contributed by atoms with Gasteiger partial charge in [-0.25, -0.2) is 4.98 Å². The first-order valence-electron chi connectivity index (χ1n) is 7.65. The smallest absolute Gasteiger partial charge is 0.145 e. The van der Waals surface area contributed by atoms with Crippen molar-refractivity contribution in [3.05, 3.63) is 76.8 Å². The van der Waals surface area contributed by atoms with Crippen molar-refractivity contribution < 1.29 is 4.74 Å². The second kappa shape index (κ2) is 7.20. The van der Waals surface area contributed by atoms with Gasteiger partial charge in [-0.05, 0) is 48.4 Å². The van der Waals surface area contributed by atoms with Gasteiger partial charge in [0.05, 0.1) is 11.9 Å². The normalized spacial score (nSPS) is 10.4. The molecule has 0 aliphatic heterocycles. The molecular formula is C19H16ClN3O. The van der Waals surface area contributed by atoms with E-state index in [0.717, 1.165) is 12.0 Å². The molecule has 0 fully saturated rings. The van der Waals surface area contributed by atoms with E-state index in [1.54, 1.807) is 30.3 Å². The van der Waals surface area contributed by atoms with Crippen molar-refractivity contribution in [1.82, 2.24) is 9.55 Å². The summed E-state index contributed by atoms with van der Waals surface area (Å²) in [6.45, 7) is 2.78. The maximum atomic E-state index is 9.30. The minimum atomic E-state index is 0.495. The van der Waals surface area contributed by atoms with Gasteiger partial charge in [0.25, 0.3) is 0 Å². The molecule has 2 aromatic carbocycles. The van der Waals surface area contributed by atoms with Crippen LogP contribution in [0.4, 0.5) is 0 Å². The third kappa shape index (κ3) is 3.58. The zero-order chi connectivity index (χ0) is 16.9. The van der Waals surface area contributed by atoms with Gasteiger partial charge in [-0.2, -0.15) is 5.26 Å². The molecule has 0 atom stereocenters. The van der Waals surface area contributed by atoms with Crippen molar-refractivity contribution in [3.63, 3.8) is 0 Å². The summed E-state index contributed by atoms with van der Waals surface area (Å²) in [5.41, 5.74) is 2.71. The topological polar surface area (TPSA) is 50.8 Å². The molecule has 0 aliphatic carbocycles. The second-order valence-corrected chi connectivity index (χ2v) is 5.80. The maximum absolute atomic E-state index is 9.30. The van der Waals surface area contributed by atoms with Crippen molar-refractivity contribution in [2.45, 2.75) is 19.9 Å². The first-order valence-corrected chi connectivity index (χ1v) is 8.03. The van der Waals surface area contributed by atoms with Crippen LogP contribution in [0.1, 0.15) is 23.7 Å². The van der Waals surface area contributed by atoms with Gasteiger partial charge in [0.2, 0.25) is 0 Å². The highest BCUT2D eigenvalue weighted by Crippen LogP contribution is 2.27. The van der Waals surface area contributed by atoms with E-state index in [4.69, 9.17) is 16.3 Å². The van der Waals surface area contributed by atoms with Crippen LogP contribution in [0.25, 0.3) is 0 Å². The molecule has 0 bridgehead atoms. The SMILES string of the molecule is CCc1cncn1Cc1ccc(C#N)c(Oc2ccc(Cl)cc2)c1. The average Bonchev–Trinajstić information content (AvgIpc) is 3.04. The Kier molecular flexibility index (Phi) is 4.83. The molecule has 5 heteroatoms. The van der Waals surface area contributed by atoms with Gasteiger partial charge < -0.3 is 9.30 Å². The highest BCUT2D eigenvalue weighted by atomic mass is 35.5. The van der Waals surface area contributed by atoms with Gasteiger partial charge in [0, 0.05) is 23.5 Å². The molecule has 0 spiro atoms. The largest absolute Gasteiger partial charge is 0.456 e. The first-order chi connectivity index (χ1) is 11.7. The Morgan fingerprint density at radius 2 is 2.00 bits per heavy atom. The van der Waals surface area contributed by atoms with Gasteiger partial charge in [-0.1, -0.05) is 24.6 Å². The molecule has 1 aromatic heterocycles. The number of imidazole rings is 1. The first kappa shape index (κ1) is 16.1. The van der Waals surface area contributed by atoms with Gasteiger partial charge in [0.15, 0.2) is 0 Å².